The lowest BCUT2D eigenvalue weighted by Crippen LogP contribution is -2.46. The van der Waals surface area contributed by atoms with Crippen molar-refractivity contribution in [1.29, 1.82) is 0 Å². The first-order valence-corrected chi connectivity index (χ1v) is 7.65. The van der Waals surface area contributed by atoms with E-state index in [1.54, 1.807) is 6.08 Å². The summed E-state index contributed by atoms with van der Waals surface area (Å²) in [4.78, 5) is 0. The van der Waals surface area contributed by atoms with Gasteiger partial charge in [0.25, 0.3) is 0 Å². The summed E-state index contributed by atoms with van der Waals surface area (Å²) in [6.45, 7) is 7.71. The van der Waals surface area contributed by atoms with Crippen LogP contribution in [0.5, 0.6) is 0 Å². The number of hydrogen-bond acceptors (Lipinski definition) is 7. The molecule has 0 spiro atoms. The molecule has 0 bridgehead atoms. The van der Waals surface area contributed by atoms with Gasteiger partial charge in [-0.15, -0.1) is 6.58 Å². The van der Waals surface area contributed by atoms with Crippen LogP contribution in [0.4, 0.5) is 0 Å². The summed E-state index contributed by atoms with van der Waals surface area (Å²) in [6, 6.07) is 0. The molecule has 7 nitrogen and oxygen atoms in total. The fourth-order valence-electron chi connectivity index (χ4n) is 1.93. The summed E-state index contributed by atoms with van der Waals surface area (Å²) in [5.41, 5.74) is 0. The molecule has 2 N–H and O–H groups in total. The molecule has 0 aliphatic carbocycles. The van der Waals surface area contributed by atoms with Crippen LogP contribution in [0.3, 0.4) is 0 Å². The third-order valence-electron chi connectivity index (χ3n) is 3.15. The Morgan fingerprint density at radius 2 is 1.55 bits per heavy atom. The average Bonchev–Trinajstić information content (AvgIpc) is 2.52. The molecule has 2 unspecified atom stereocenters. The SMILES string of the molecule is C=CCOCCOCCOCCOCC1OCC[C@@H](O)C1O. The molecule has 0 aromatic carbocycles. The molecule has 7 heteroatoms. The van der Waals surface area contributed by atoms with Gasteiger partial charge in [0.05, 0.1) is 59.0 Å². The zero-order chi connectivity index (χ0) is 16.0. The van der Waals surface area contributed by atoms with E-state index in [0.29, 0.717) is 59.3 Å². The molecule has 1 rings (SSSR count). The normalized spacial score (nSPS) is 25.3. The average molecular weight is 320 g/mol. The predicted octanol–water partition coefficient (Wildman–Crippen LogP) is -0.250. The number of hydrogen-bond donors (Lipinski definition) is 2. The van der Waals surface area contributed by atoms with Crippen LogP contribution in [0.15, 0.2) is 12.7 Å². The molecule has 0 saturated carbocycles. The largest absolute Gasteiger partial charge is 0.390 e. The first-order valence-electron chi connectivity index (χ1n) is 7.65. The first-order chi connectivity index (χ1) is 10.8. The van der Waals surface area contributed by atoms with Crippen molar-refractivity contribution in [2.24, 2.45) is 0 Å². The third kappa shape index (κ3) is 8.79. The van der Waals surface area contributed by atoms with E-state index in [1.165, 1.54) is 0 Å². The van der Waals surface area contributed by atoms with E-state index in [9.17, 15) is 10.2 Å². The maximum atomic E-state index is 9.70. The Labute approximate surface area is 131 Å². The summed E-state index contributed by atoms with van der Waals surface area (Å²) in [7, 11) is 0. The Hall–Kier alpha value is -0.540. The van der Waals surface area contributed by atoms with Crippen LogP contribution in [0.25, 0.3) is 0 Å². The highest BCUT2D eigenvalue weighted by Crippen LogP contribution is 2.14. The third-order valence-corrected chi connectivity index (χ3v) is 3.15. The van der Waals surface area contributed by atoms with Gasteiger partial charge in [-0.2, -0.15) is 0 Å². The maximum Gasteiger partial charge on any atom is 0.109 e. The van der Waals surface area contributed by atoms with Crippen LogP contribution in [0.2, 0.25) is 0 Å². The molecule has 130 valence electrons. The Morgan fingerprint density at radius 3 is 2.18 bits per heavy atom. The van der Waals surface area contributed by atoms with Crippen molar-refractivity contribution in [3.8, 4) is 0 Å². The summed E-state index contributed by atoms with van der Waals surface area (Å²) >= 11 is 0. The first kappa shape index (κ1) is 19.5. The van der Waals surface area contributed by atoms with Crippen molar-refractivity contribution in [1.82, 2.24) is 0 Å². The zero-order valence-corrected chi connectivity index (χ0v) is 13.0. The lowest BCUT2D eigenvalue weighted by molar-refractivity contribution is -0.156. The van der Waals surface area contributed by atoms with Crippen molar-refractivity contribution >= 4 is 0 Å². The summed E-state index contributed by atoms with van der Waals surface area (Å²) < 4.78 is 26.5. The lowest BCUT2D eigenvalue weighted by Gasteiger charge is -2.31. The fourth-order valence-corrected chi connectivity index (χ4v) is 1.93. The highest BCUT2D eigenvalue weighted by molar-refractivity contribution is 4.80. The predicted molar refractivity (Wildman–Crippen MR) is 79.8 cm³/mol. The number of rotatable bonds is 13. The quantitative estimate of drug-likeness (QED) is 0.357. The summed E-state index contributed by atoms with van der Waals surface area (Å²) in [5.74, 6) is 0. The van der Waals surface area contributed by atoms with Crippen LogP contribution in [-0.4, -0.2) is 88.0 Å². The van der Waals surface area contributed by atoms with Gasteiger partial charge in [-0.05, 0) is 6.42 Å². The molecule has 0 amide bonds. The molecular formula is C15H28O7. The van der Waals surface area contributed by atoms with Gasteiger partial charge in [0.2, 0.25) is 0 Å². The van der Waals surface area contributed by atoms with E-state index in [2.05, 4.69) is 6.58 Å². The van der Waals surface area contributed by atoms with Crippen molar-refractivity contribution in [3.05, 3.63) is 12.7 Å². The van der Waals surface area contributed by atoms with Crippen molar-refractivity contribution < 1.29 is 33.9 Å². The van der Waals surface area contributed by atoms with E-state index in [4.69, 9.17) is 23.7 Å². The van der Waals surface area contributed by atoms with Crippen molar-refractivity contribution in [3.63, 3.8) is 0 Å². The zero-order valence-electron chi connectivity index (χ0n) is 13.0. The van der Waals surface area contributed by atoms with E-state index < -0.39 is 18.3 Å². The second-order valence-corrected chi connectivity index (χ2v) is 4.92. The van der Waals surface area contributed by atoms with Gasteiger partial charge in [-0.1, -0.05) is 6.08 Å². The minimum absolute atomic E-state index is 0.249. The highest BCUT2D eigenvalue weighted by Gasteiger charge is 2.31. The van der Waals surface area contributed by atoms with E-state index in [1.807, 2.05) is 0 Å². The minimum Gasteiger partial charge on any atom is -0.390 e. The summed E-state index contributed by atoms with van der Waals surface area (Å²) in [6.07, 6.45) is 0.0702. The van der Waals surface area contributed by atoms with Crippen LogP contribution >= 0.6 is 0 Å². The molecule has 22 heavy (non-hydrogen) atoms. The Balaban J connectivity index is 1.82. The fraction of sp³-hybridized carbons (Fsp3) is 0.867. The van der Waals surface area contributed by atoms with Gasteiger partial charge in [-0.3, -0.25) is 0 Å². The number of aliphatic hydroxyl groups is 2. The molecule has 1 fully saturated rings. The van der Waals surface area contributed by atoms with E-state index in [0.717, 1.165) is 0 Å². The molecule has 1 saturated heterocycles. The van der Waals surface area contributed by atoms with Gasteiger partial charge in [0, 0.05) is 6.61 Å². The molecular weight excluding hydrogens is 292 g/mol. The van der Waals surface area contributed by atoms with Crippen LogP contribution in [0, 0.1) is 0 Å². The highest BCUT2D eigenvalue weighted by atomic mass is 16.6. The number of ether oxygens (including phenoxy) is 5. The molecule has 3 atom stereocenters. The Morgan fingerprint density at radius 1 is 0.955 bits per heavy atom. The molecule has 0 radical (unpaired) electrons. The molecule has 1 aliphatic rings. The standard InChI is InChI=1S/C15H28O7/c1-2-4-18-6-7-19-8-9-20-10-11-21-12-14-15(17)13(16)3-5-22-14/h2,13-17H,1,3-12H2/t13-,14?,15?/m1/s1. The Kier molecular flexibility index (Phi) is 11.5. The molecule has 1 aliphatic heterocycles. The molecule has 0 aromatic rings. The monoisotopic (exact) mass is 320 g/mol. The van der Waals surface area contributed by atoms with Gasteiger partial charge >= 0.3 is 0 Å². The van der Waals surface area contributed by atoms with E-state index >= 15 is 0 Å². The number of aliphatic hydroxyl groups excluding tert-OH is 2. The second-order valence-electron chi connectivity index (χ2n) is 4.92. The van der Waals surface area contributed by atoms with Crippen LogP contribution in [-0.2, 0) is 23.7 Å². The van der Waals surface area contributed by atoms with Gasteiger partial charge in [-0.25, -0.2) is 0 Å². The van der Waals surface area contributed by atoms with E-state index in [-0.39, 0.29) is 6.61 Å². The second kappa shape index (κ2) is 13.0. The topological polar surface area (TPSA) is 86.6 Å². The Bertz CT molecular complexity index is 275. The molecule has 1 heterocycles. The van der Waals surface area contributed by atoms with Crippen molar-refractivity contribution in [2.75, 3.05) is 59.5 Å². The smallest absolute Gasteiger partial charge is 0.109 e. The van der Waals surface area contributed by atoms with Crippen molar-refractivity contribution in [2.45, 2.75) is 24.7 Å². The summed E-state index contributed by atoms with van der Waals surface area (Å²) in [5, 5.41) is 19.2. The van der Waals surface area contributed by atoms with Gasteiger partial charge < -0.3 is 33.9 Å². The van der Waals surface area contributed by atoms with Gasteiger partial charge in [0.1, 0.15) is 12.2 Å². The lowest BCUT2D eigenvalue weighted by atomic mass is 10.0. The van der Waals surface area contributed by atoms with Crippen LogP contribution in [0.1, 0.15) is 6.42 Å². The minimum atomic E-state index is -0.883. The maximum absolute atomic E-state index is 9.70. The molecule has 0 aromatic heterocycles. The van der Waals surface area contributed by atoms with Crippen LogP contribution < -0.4 is 0 Å². The van der Waals surface area contributed by atoms with Gasteiger partial charge in [0.15, 0.2) is 0 Å².